The first-order chi connectivity index (χ1) is 13.0. The lowest BCUT2D eigenvalue weighted by atomic mass is 10.2. The Hall–Kier alpha value is -2.34. The fourth-order valence-electron chi connectivity index (χ4n) is 2.78. The highest BCUT2D eigenvalue weighted by atomic mass is 35.5. The number of aryl methyl sites for hydroxylation is 1. The maximum Gasteiger partial charge on any atom is 0.265 e. The van der Waals surface area contributed by atoms with Gasteiger partial charge in [-0.2, -0.15) is 0 Å². The van der Waals surface area contributed by atoms with E-state index < -0.39 is 0 Å². The van der Waals surface area contributed by atoms with Gasteiger partial charge in [-0.1, -0.05) is 29.3 Å². The predicted octanol–water partition coefficient (Wildman–Crippen LogP) is 6.33. The third-order valence-corrected chi connectivity index (χ3v) is 6.07. The quantitative estimate of drug-likeness (QED) is 0.424. The number of anilines is 1. The monoisotopic (exact) mass is 416 g/mol. The Morgan fingerprint density at radius 1 is 1.11 bits per heavy atom. The zero-order valence-corrected chi connectivity index (χ0v) is 16.8. The number of carbonyl (C=O) groups is 1. The third kappa shape index (κ3) is 3.34. The second kappa shape index (κ2) is 7.00. The molecular weight excluding hydrogens is 403 g/mol. The van der Waals surface area contributed by atoms with Crippen LogP contribution in [-0.4, -0.2) is 18.0 Å². The van der Waals surface area contributed by atoms with E-state index in [1.54, 1.807) is 19.2 Å². The number of rotatable bonds is 3. The molecule has 4 rings (SSSR count). The highest BCUT2D eigenvalue weighted by Gasteiger charge is 2.15. The number of aromatic nitrogens is 1. The number of halogens is 2. The molecule has 0 bridgehead atoms. The first-order valence-corrected chi connectivity index (χ1v) is 9.68. The van der Waals surface area contributed by atoms with E-state index in [9.17, 15) is 4.79 Å². The minimum absolute atomic E-state index is 0.203. The summed E-state index contributed by atoms with van der Waals surface area (Å²) in [7, 11) is 1.57. The average Bonchev–Trinajstić information content (AvgIpc) is 3.07. The Bertz CT molecular complexity index is 1200. The van der Waals surface area contributed by atoms with Crippen LogP contribution in [-0.2, 0) is 0 Å². The van der Waals surface area contributed by atoms with Gasteiger partial charge in [0.15, 0.2) is 0 Å². The van der Waals surface area contributed by atoms with Crippen LogP contribution in [0.5, 0.6) is 5.75 Å². The zero-order valence-electron chi connectivity index (χ0n) is 14.5. The van der Waals surface area contributed by atoms with Gasteiger partial charge < -0.3 is 10.1 Å². The number of fused-ring (bicyclic) bond motifs is 2. The van der Waals surface area contributed by atoms with Crippen molar-refractivity contribution >= 4 is 67.3 Å². The van der Waals surface area contributed by atoms with Gasteiger partial charge in [-0.3, -0.25) is 4.79 Å². The number of nitrogens with one attached hydrogen (secondary N) is 1. The van der Waals surface area contributed by atoms with E-state index in [1.165, 1.54) is 11.3 Å². The van der Waals surface area contributed by atoms with Crippen LogP contribution in [0.4, 0.5) is 5.69 Å². The number of nitrogens with zero attached hydrogens (tertiary/aromatic N) is 1. The summed E-state index contributed by atoms with van der Waals surface area (Å²) in [4.78, 5) is 18.6. The standard InChI is InChI=1S/C20H14Cl2N2O2S/c1-10-3-5-13(9-14(10)21)23-19(25)16-8-12-7-11-4-6-15(26-2)17(22)18(11)24-20(12)27-16/h3-9H,1-2H3,(H,23,25). The number of pyridine rings is 1. The Kier molecular flexibility index (Phi) is 4.68. The van der Waals surface area contributed by atoms with Crippen molar-refractivity contribution < 1.29 is 9.53 Å². The molecule has 27 heavy (non-hydrogen) atoms. The molecule has 136 valence electrons. The number of benzene rings is 2. The lowest BCUT2D eigenvalue weighted by Gasteiger charge is -2.05. The van der Waals surface area contributed by atoms with Crippen LogP contribution in [0.2, 0.25) is 10.0 Å². The molecule has 2 aromatic heterocycles. The number of carbonyl (C=O) groups excluding carboxylic acids is 1. The number of hydrogen-bond donors (Lipinski definition) is 1. The predicted molar refractivity (Wildman–Crippen MR) is 113 cm³/mol. The molecule has 0 fully saturated rings. The van der Waals surface area contributed by atoms with Gasteiger partial charge in [0.05, 0.1) is 17.5 Å². The van der Waals surface area contributed by atoms with Crippen molar-refractivity contribution in [3.05, 3.63) is 63.0 Å². The van der Waals surface area contributed by atoms with Crippen LogP contribution in [0.1, 0.15) is 15.2 Å². The highest BCUT2D eigenvalue weighted by Crippen LogP contribution is 2.35. The van der Waals surface area contributed by atoms with Gasteiger partial charge in [0, 0.05) is 21.5 Å². The molecule has 1 amide bonds. The first-order valence-electron chi connectivity index (χ1n) is 8.10. The van der Waals surface area contributed by atoms with Crippen molar-refractivity contribution in [2.75, 3.05) is 12.4 Å². The van der Waals surface area contributed by atoms with Gasteiger partial charge in [-0.15, -0.1) is 11.3 Å². The van der Waals surface area contributed by atoms with Crippen molar-refractivity contribution in [1.29, 1.82) is 0 Å². The Labute approximate surface area is 169 Å². The van der Waals surface area contributed by atoms with Gasteiger partial charge in [-0.25, -0.2) is 4.98 Å². The molecule has 0 saturated heterocycles. The first kappa shape index (κ1) is 18.0. The van der Waals surface area contributed by atoms with E-state index in [1.807, 2.05) is 37.3 Å². The van der Waals surface area contributed by atoms with Crippen LogP contribution in [0.25, 0.3) is 21.1 Å². The summed E-state index contributed by atoms with van der Waals surface area (Å²) in [6.07, 6.45) is 0. The summed E-state index contributed by atoms with van der Waals surface area (Å²) in [5, 5.41) is 5.73. The SMILES string of the molecule is COc1ccc2cc3cc(C(=O)Nc4ccc(C)c(Cl)c4)sc3nc2c1Cl. The van der Waals surface area contributed by atoms with Crippen LogP contribution in [0.3, 0.4) is 0 Å². The smallest absolute Gasteiger partial charge is 0.265 e. The van der Waals surface area contributed by atoms with E-state index >= 15 is 0 Å². The molecule has 0 radical (unpaired) electrons. The lowest BCUT2D eigenvalue weighted by molar-refractivity contribution is 0.103. The maximum atomic E-state index is 12.6. The molecule has 2 heterocycles. The molecule has 0 atom stereocenters. The second-order valence-electron chi connectivity index (χ2n) is 6.07. The maximum absolute atomic E-state index is 12.6. The number of hydrogen-bond acceptors (Lipinski definition) is 4. The number of amides is 1. The molecule has 0 unspecified atom stereocenters. The summed E-state index contributed by atoms with van der Waals surface area (Å²) in [6, 6.07) is 12.9. The fraction of sp³-hybridized carbons (Fsp3) is 0.100. The van der Waals surface area contributed by atoms with Crippen molar-refractivity contribution in [2.45, 2.75) is 6.92 Å². The largest absolute Gasteiger partial charge is 0.495 e. The van der Waals surface area contributed by atoms with Crippen molar-refractivity contribution in [3.63, 3.8) is 0 Å². The summed E-state index contributed by atoms with van der Waals surface area (Å²) in [6.45, 7) is 1.91. The second-order valence-corrected chi connectivity index (χ2v) is 7.88. The topological polar surface area (TPSA) is 51.2 Å². The van der Waals surface area contributed by atoms with Gasteiger partial charge in [0.2, 0.25) is 0 Å². The van der Waals surface area contributed by atoms with Crippen molar-refractivity contribution in [3.8, 4) is 5.75 Å². The van der Waals surface area contributed by atoms with Gasteiger partial charge in [0.1, 0.15) is 15.6 Å². The third-order valence-electron chi connectivity index (χ3n) is 4.25. The molecule has 4 aromatic rings. The summed E-state index contributed by atoms with van der Waals surface area (Å²) in [5.74, 6) is 0.368. The van der Waals surface area contributed by atoms with Crippen molar-refractivity contribution in [1.82, 2.24) is 4.98 Å². The van der Waals surface area contributed by atoms with Gasteiger partial charge >= 0.3 is 0 Å². The van der Waals surface area contributed by atoms with E-state index in [2.05, 4.69) is 10.3 Å². The Balaban J connectivity index is 1.71. The summed E-state index contributed by atoms with van der Waals surface area (Å²) < 4.78 is 5.25. The molecule has 0 aliphatic heterocycles. The van der Waals surface area contributed by atoms with Crippen LogP contribution in [0, 0.1) is 6.92 Å². The number of methoxy groups -OCH3 is 1. The number of thiophene rings is 1. The van der Waals surface area contributed by atoms with Crippen LogP contribution < -0.4 is 10.1 Å². The molecule has 4 nitrogen and oxygen atoms in total. The van der Waals surface area contributed by atoms with Crippen molar-refractivity contribution in [2.24, 2.45) is 0 Å². The lowest BCUT2D eigenvalue weighted by Crippen LogP contribution is -2.09. The molecule has 1 N–H and O–H groups in total. The van der Waals surface area contributed by atoms with E-state index in [4.69, 9.17) is 27.9 Å². The number of ether oxygens (including phenoxy) is 1. The fourth-order valence-corrected chi connectivity index (χ4v) is 4.16. The van der Waals surface area contributed by atoms with Gasteiger partial charge in [0.25, 0.3) is 5.91 Å². The summed E-state index contributed by atoms with van der Waals surface area (Å²) >= 11 is 13.8. The van der Waals surface area contributed by atoms with E-state index in [-0.39, 0.29) is 5.91 Å². The Morgan fingerprint density at radius 3 is 2.67 bits per heavy atom. The molecule has 0 aliphatic carbocycles. The van der Waals surface area contributed by atoms with E-state index in [0.717, 1.165) is 21.2 Å². The van der Waals surface area contributed by atoms with Crippen LogP contribution >= 0.6 is 34.5 Å². The molecular formula is C20H14Cl2N2O2S. The van der Waals surface area contributed by atoms with Crippen LogP contribution in [0.15, 0.2) is 42.5 Å². The van der Waals surface area contributed by atoms with Gasteiger partial charge in [-0.05, 0) is 48.9 Å². The molecule has 7 heteroatoms. The molecule has 0 spiro atoms. The molecule has 0 aliphatic rings. The minimum Gasteiger partial charge on any atom is -0.495 e. The summed E-state index contributed by atoms with van der Waals surface area (Å²) in [5.41, 5.74) is 2.27. The Morgan fingerprint density at radius 2 is 1.93 bits per heavy atom. The molecule has 0 saturated carbocycles. The van der Waals surface area contributed by atoms with E-state index in [0.29, 0.717) is 31.9 Å². The zero-order chi connectivity index (χ0) is 19.1. The average molecular weight is 417 g/mol. The normalized spacial score (nSPS) is 11.1. The highest BCUT2D eigenvalue weighted by molar-refractivity contribution is 7.20. The molecule has 2 aromatic carbocycles. The minimum atomic E-state index is -0.203.